The van der Waals surface area contributed by atoms with Crippen LogP contribution in [0.1, 0.15) is 15.9 Å². The Labute approximate surface area is 209 Å². The number of aryl methyl sites for hydroxylation is 1. The monoisotopic (exact) mass is 563 g/mol. The van der Waals surface area contributed by atoms with Crippen LogP contribution in [0.3, 0.4) is 0 Å². The number of benzene rings is 4. The fraction of sp³-hybridized carbons (Fsp3) is 0.0400. The van der Waals surface area contributed by atoms with Crippen molar-refractivity contribution in [1.29, 1.82) is 0 Å². The van der Waals surface area contributed by atoms with Gasteiger partial charge in [-0.15, -0.1) is 15.0 Å². The number of aromatic nitrogens is 3. The van der Waals surface area contributed by atoms with Crippen LogP contribution in [0.5, 0.6) is 0 Å². The number of hydrogen-bond donors (Lipinski definition) is 2. The zero-order valence-corrected chi connectivity index (χ0v) is 20.5. The summed E-state index contributed by atoms with van der Waals surface area (Å²) >= 11 is 7.57. The van der Waals surface area contributed by atoms with Gasteiger partial charge in [-0.1, -0.05) is 36.4 Å². The van der Waals surface area contributed by atoms with Crippen molar-refractivity contribution in [1.82, 2.24) is 20.3 Å². The average Bonchev–Trinajstić information content (AvgIpc) is 3.21. The number of amides is 1. The first-order chi connectivity index (χ1) is 16.0. The van der Waals surface area contributed by atoms with E-state index in [4.69, 9.17) is 17.3 Å². The third-order valence-electron chi connectivity index (χ3n) is 5.29. The van der Waals surface area contributed by atoms with Gasteiger partial charge < -0.3 is 5.32 Å². The molecule has 5 aromatic rings. The predicted molar refractivity (Wildman–Crippen MR) is 144 cm³/mol. The van der Waals surface area contributed by atoms with E-state index in [1.807, 2.05) is 55.5 Å². The number of carbonyl (C=O) groups excluding carboxylic acids is 1. The van der Waals surface area contributed by atoms with Crippen LogP contribution in [0.2, 0.25) is 0 Å². The SMILES string of the molecule is Cc1cc2nn(-c3cccc4ccccc34)nc2cc1NC(=S)NC(=O)c1ccc(I)cc1. The van der Waals surface area contributed by atoms with Crippen molar-refractivity contribution in [3.05, 3.63) is 93.6 Å². The molecule has 0 atom stereocenters. The van der Waals surface area contributed by atoms with Crippen LogP contribution in [0.15, 0.2) is 78.9 Å². The molecule has 6 nitrogen and oxygen atoms in total. The van der Waals surface area contributed by atoms with Gasteiger partial charge in [-0.05, 0) is 95.1 Å². The van der Waals surface area contributed by atoms with Crippen molar-refractivity contribution in [3.8, 4) is 5.69 Å². The summed E-state index contributed by atoms with van der Waals surface area (Å²) in [6, 6.07) is 25.4. The Kier molecular flexibility index (Phi) is 5.77. The lowest BCUT2D eigenvalue weighted by atomic mass is 10.1. The van der Waals surface area contributed by atoms with Gasteiger partial charge in [0.2, 0.25) is 0 Å². The molecular formula is C25H18IN5OS. The summed E-state index contributed by atoms with van der Waals surface area (Å²) in [4.78, 5) is 14.1. The molecule has 0 fully saturated rings. The maximum atomic E-state index is 12.5. The Hall–Kier alpha value is -3.37. The molecule has 33 heavy (non-hydrogen) atoms. The molecule has 2 N–H and O–H groups in total. The molecular weight excluding hydrogens is 545 g/mol. The van der Waals surface area contributed by atoms with Gasteiger partial charge >= 0.3 is 0 Å². The van der Waals surface area contributed by atoms with Crippen LogP contribution in [0.25, 0.3) is 27.5 Å². The van der Waals surface area contributed by atoms with Crippen molar-refractivity contribution < 1.29 is 4.79 Å². The molecule has 0 saturated carbocycles. The van der Waals surface area contributed by atoms with Gasteiger partial charge in [0.15, 0.2) is 5.11 Å². The number of fused-ring (bicyclic) bond motifs is 2. The highest BCUT2D eigenvalue weighted by molar-refractivity contribution is 14.1. The minimum absolute atomic E-state index is 0.224. The molecule has 4 aromatic carbocycles. The van der Waals surface area contributed by atoms with Crippen molar-refractivity contribution in [2.24, 2.45) is 0 Å². The first kappa shape index (κ1) is 21.5. The van der Waals surface area contributed by atoms with Crippen LogP contribution in [0, 0.1) is 10.5 Å². The Morgan fingerprint density at radius 2 is 1.64 bits per heavy atom. The third-order valence-corrected chi connectivity index (χ3v) is 6.21. The number of rotatable bonds is 3. The van der Waals surface area contributed by atoms with E-state index >= 15 is 0 Å². The van der Waals surface area contributed by atoms with Gasteiger partial charge in [-0.2, -0.15) is 0 Å². The highest BCUT2D eigenvalue weighted by Crippen LogP contribution is 2.25. The molecule has 0 bridgehead atoms. The quantitative estimate of drug-likeness (QED) is 0.221. The van der Waals surface area contributed by atoms with Gasteiger partial charge in [-0.25, -0.2) is 0 Å². The average molecular weight is 563 g/mol. The first-order valence-electron chi connectivity index (χ1n) is 10.2. The van der Waals surface area contributed by atoms with E-state index in [1.165, 1.54) is 0 Å². The van der Waals surface area contributed by atoms with Crippen LogP contribution in [-0.4, -0.2) is 26.0 Å². The minimum atomic E-state index is -0.260. The lowest BCUT2D eigenvalue weighted by Crippen LogP contribution is -2.34. The number of nitrogens with one attached hydrogen (secondary N) is 2. The van der Waals surface area contributed by atoms with Crippen LogP contribution in [-0.2, 0) is 0 Å². The largest absolute Gasteiger partial charge is 0.332 e. The highest BCUT2D eigenvalue weighted by Gasteiger charge is 2.13. The minimum Gasteiger partial charge on any atom is -0.332 e. The molecule has 8 heteroatoms. The highest BCUT2D eigenvalue weighted by atomic mass is 127. The molecule has 0 radical (unpaired) electrons. The second kappa shape index (κ2) is 8.87. The first-order valence-corrected chi connectivity index (χ1v) is 11.7. The molecule has 1 amide bonds. The molecule has 0 spiro atoms. The van der Waals surface area contributed by atoms with Crippen molar-refractivity contribution >= 4 is 73.3 Å². The van der Waals surface area contributed by atoms with E-state index in [1.54, 1.807) is 16.9 Å². The van der Waals surface area contributed by atoms with Gasteiger partial charge in [0.25, 0.3) is 5.91 Å². The van der Waals surface area contributed by atoms with Crippen LogP contribution < -0.4 is 10.6 Å². The number of anilines is 1. The molecule has 0 saturated heterocycles. The lowest BCUT2D eigenvalue weighted by Gasteiger charge is -2.11. The maximum absolute atomic E-state index is 12.5. The summed E-state index contributed by atoms with van der Waals surface area (Å²) in [6.07, 6.45) is 0. The normalized spacial score (nSPS) is 11.0. The summed E-state index contributed by atoms with van der Waals surface area (Å²) in [5, 5.41) is 17.7. The molecule has 0 aliphatic rings. The van der Waals surface area contributed by atoms with Crippen molar-refractivity contribution in [3.63, 3.8) is 0 Å². The van der Waals surface area contributed by atoms with E-state index in [0.29, 0.717) is 5.56 Å². The van der Waals surface area contributed by atoms with E-state index in [9.17, 15) is 4.79 Å². The van der Waals surface area contributed by atoms with Crippen molar-refractivity contribution in [2.75, 3.05) is 5.32 Å². The number of nitrogens with zero attached hydrogens (tertiary/aromatic N) is 3. The van der Waals surface area contributed by atoms with Crippen LogP contribution >= 0.6 is 34.8 Å². The van der Waals surface area contributed by atoms with Gasteiger partial charge in [-0.3, -0.25) is 10.1 Å². The second-order valence-corrected chi connectivity index (χ2v) is 9.21. The predicted octanol–water partition coefficient (Wildman–Crippen LogP) is 5.61. The Balaban J connectivity index is 1.40. The summed E-state index contributed by atoms with van der Waals surface area (Å²) in [7, 11) is 0. The zero-order valence-electron chi connectivity index (χ0n) is 17.5. The summed E-state index contributed by atoms with van der Waals surface area (Å²) in [5.74, 6) is -0.260. The molecule has 1 heterocycles. The fourth-order valence-corrected chi connectivity index (χ4v) is 4.19. The Morgan fingerprint density at radius 1 is 0.939 bits per heavy atom. The van der Waals surface area contributed by atoms with Gasteiger partial charge in [0, 0.05) is 20.2 Å². The standard InChI is InChI=1S/C25H18IN5OS/c1-15-13-21-22(30-31(29-21)23-8-4-6-16-5-2-3-7-19(16)23)14-20(15)27-25(33)28-24(32)17-9-11-18(26)12-10-17/h2-14H,1H3,(H2,27,28,32,33). The third kappa shape index (κ3) is 4.44. The number of hydrogen-bond acceptors (Lipinski definition) is 4. The second-order valence-electron chi connectivity index (χ2n) is 7.56. The van der Waals surface area contributed by atoms with E-state index in [0.717, 1.165) is 42.3 Å². The van der Waals surface area contributed by atoms with Gasteiger partial charge in [0.1, 0.15) is 11.0 Å². The number of thiocarbonyl (C=S) groups is 1. The smallest absolute Gasteiger partial charge is 0.257 e. The zero-order chi connectivity index (χ0) is 22.9. The Bertz CT molecular complexity index is 1520. The molecule has 162 valence electrons. The topological polar surface area (TPSA) is 71.8 Å². The summed E-state index contributed by atoms with van der Waals surface area (Å²) in [6.45, 7) is 1.96. The number of carbonyl (C=O) groups is 1. The lowest BCUT2D eigenvalue weighted by molar-refractivity contribution is 0.0977. The molecule has 0 aliphatic heterocycles. The fourth-order valence-electron chi connectivity index (χ4n) is 3.62. The Morgan fingerprint density at radius 3 is 2.42 bits per heavy atom. The summed E-state index contributed by atoms with van der Waals surface area (Å²) in [5.41, 5.74) is 4.67. The van der Waals surface area contributed by atoms with Crippen LogP contribution in [0.4, 0.5) is 5.69 Å². The maximum Gasteiger partial charge on any atom is 0.257 e. The van der Waals surface area contributed by atoms with E-state index in [-0.39, 0.29) is 11.0 Å². The van der Waals surface area contributed by atoms with Crippen molar-refractivity contribution in [2.45, 2.75) is 6.92 Å². The van der Waals surface area contributed by atoms with E-state index < -0.39 is 0 Å². The number of halogens is 1. The molecule has 0 unspecified atom stereocenters. The molecule has 5 rings (SSSR count). The molecule has 0 aliphatic carbocycles. The summed E-state index contributed by atoms with van der Waals surface area (Å²) < 4.78 is 1.06. The van der Waals surface area contributed by atoms with Gasteiger partial charge in [0.05, 0.1) is 5.69 Å². The molecule has 1 aromatic heterocycles. The van der Waals surface area contributed by atoms with E-state index in [2.05, 4.69) is 56.5 Å².